The van der Waals surface area contributed by atoms with Crippen molar-refractivity contribution in [3.63, 3.8) is 0 Å². The van der Waals surface area contributed by atoms with Gasteiger partial charge in [0.15, 0.2) is 4.80 Å². The summed E-state index contributed by atoms with van der Waals surface area (Å²) in [6.45, 7) is 7.95. The van der Waals surface area contributed by atoms with Crippen LogP contribution < -0.4 is 14.9 Å². The summed E-state index contributed by atoms with van der Waals surface area (Å²) in [6, 6.07) is 29.9. The lowest BCUT2D eigenvalue weighted by Crippen LogP contribution is -2.39. The molecule has 0 radical (unpaired) electrons. The van der Waals surface area contributed by atoms with E-state index in [0.717, 1.165) is 33.8 Å². The summed E-state index contributed by atoms with van der Waals surface area (Å²) in [5.74, 6) is -0.455. The summed E-state index contributed by atoms with van der Waals surface area (Å²) in [6.07, 6.45) is 1.94. The SMILES string of the molecule is CCOC(=O)C1=C(C)N=c2s/c(=C\c3cc(C)n(-c4ccc(-c5ccccc5)cc4)c3C)c(=O)n2[C@H]1c1ccccc1. The normalized spacial score (nSPS) is 15.0. The van der Waals surface area contributed by atoms with E-state index in [0.29, 0.717) is 20.6 Å². The predicted molar refractivity (Wildman–Crippen MR) is 168 cm³/mol. The molecule has 0 saturated heterocycles. The van der Waals surface area contributed by atoms with E-state index in [-0.39, 0.29) is 12.2 Å². The molecule has 6 nitrogen and oxygen atoms in total. The molecule has 0 N–H and O–H groups in total. The summed E-state index contributed by atoms with van der Waals surface area (Å²) in [7, 11) is 0. The molecule has 2 aromatic heterocycles. The van der Waals surface area contributed by atoms with Gasteiger partial charge in [-0.2, -0.15) is 0 Å². The fraction of sp³-hybridized carbons (Fsp3) is 0.171. The number of allylic oxidation sites excluding steroid dienone is 1. The van der Waals surface area contributed by atoms with Crippen molar-refractivity contribution < 1.29 is 9.53 Å². The third-order valence-corrected chi connectivity index (χ3v) is 8.60. The van der Waals surface area contributed by atoms with Crippen molar-refractivity contribution in [2.45, 2.75) is 33.7 Å². The van der Waals surface area contributed by atoms with Gasteiger partial charge in [-0.25, -0.2) is 9.79 Å². The van der Waals surface area contributed by atoms with Gasteiger partial charge in [-0.05, 0) is 74.2 Å². The van der Waals surface area contributed by atoms with Crippen LogP contribution in [-0.4, -0.2) is 21.7 Å². The maximum absolute atomic E-state index is 14.0. The standard InChI is InChI=1S/C35H31N3O3S/c1-5-41-34(40)31-23(3)36-35-38(32(31)27-14-10-7-11-15-27)33(39)30(42-35)21-28-20-22(2)37(24(28)4)29-18-16-26(17-19-29)25-12-8-6-9-13-25/h6-21,32H,5H2,1-4H3/b30-21-/t32-/m0/s1. The Kier molecular flexibility index (Phi) is 7.35. The number of nitrogens with zero attached hydrogens (tertiary/aromatic N) is 3. The van der Waals surface area contributed by atoms with Crippen LogP contribution in [0.1, 0.15) is 42.4 Å². The maximum atomic E-state index is 14.0. The van der Waals surface area contributed by atoms with E-state index in [9.17, 15) is 9.59 Å². The molecule has 6 rings (SSSR count). The van der Waals surface area contributed by atoms with Crippen LogP contribution in [0.3, 0.4) is 0 Å². The summed E-state index contributed by atoms with van der Waals surface area (Å²) >= 11 is 1.34. The summed E-state index contributed by atoms with van der Waals surface area (Å²) in [4.78, 5) is 32.3. The molecule has 0 unspecified atom stereocenters. The van der Waals surface area contributed by atoms with Gasteiger partial charge in [0.25, 0.3) is 5.56 Å². The van der Waals surface area contributed by atoms with Crippen LogP contribution in [-0.2, 0) is 9.53 Å². The van der Waals surface area contributed by atoms with E-state index in [1.165, 1.54) is 16.9 Å². The second-order valence-electron chi connectivity index (χ2n) is 10.3. The van der Waals surface area contributed by atoms with Crippen LogP contribution in [0.4, 0.5) is 0 Å². The molecule has 0 spiro atoms. The third kappa shape index (κ3) is 4.86. The highest BCUT2D eigenvalue weighted by molar-refractivity contribution is 7.07. The molecule has 210 valence electrons. The van der Waals surface area contributed by atoms with Gasteiger partial charge in [0.05, 0.1) is 28.5 Å². The molecule has 3 aromatic carbocycles. The van der Waals surface area contributed by atoms with E-state index >= 15 is 0 Å². The van der Waals surface area contributed by atoms with Crippen LogP contribution in [0, 0.1) is 13.8 Å². The lowest BCUT2D eigenvalue weighted by atomic mass is 9.96. The van der Waals surface area contributed by atoms with E-state index in [2.05, 4.69) is 60.9 Å². The zero-order valence-corrected chi connectivity index (χ0v) is 24.8. The number of aromatic nitrogens is 2. The molecule has 0 bridgehead atoms. The van der Waals surface area contributed by atoms with Gasteiger partial charge in [-0.15, -0.1) is 0 Å². The molecule has 1 atom stereocenters. The van der Waals surface area contributed by atoms with E-state index in [1.54, 1.807) is 18.4 Å². The van der Waals surface area contributed by atoms with Gasteiger partial charge >= 0.3 is 5.97 Å². The van der Waals surface area contributed by atoms with Crippen molar-refractivity contribution >= 4 is 23.4 Å². The zero-order chi connectivity index (χ0) is 29.4. The van der Waals surface area contributed by atoms with Crippen LogP contribution in [0.2, 0.25) is 0 Å². The van der Waals surface area contributed by atoms with Gasteiger partial charge in [0.2, 0.25) is 0 Å². The number of carbonyl (C=O) groups excluding carboxylic acids is 1. The molecule has 5 aromatic rings. The monoisotopic (exact) mass is 573 g/mol. The maximum Gasteiger partial charge on any atom is 0.338 e. The predicted octanol–water partition coefficient (Wildman–Crippen LogP) is 5.87. The van der Waals surface area contributed by atoms with Crippen LogP contribution in [0.15, 0.2) is 112 Å². The summed E-state index contributed by atoms with van der Waals surface area (Å²) < 4.78 is 9.78. The van der Waals surface area contributed by atoms with Crippen LogP contribution in [0.25, 0.3) is 22.9 Å². The van der Waals surface area contributed by atoms with E-state index < -0.39 is 12.0 Å². The minimum Gasteiger partial charge on any atom is -0.463 e. The van der Waals surface area contributed by atoms with E-state index in [4.69, 9.17) is 9.73 Å². The Bertz CT molecular complexity index is 2000. The third-order valence-electron chi connectivity index (χ3n) is 7.62. The molecule has 42 heavy (non-hydrogen) atoms. The topological polar surface area (TPSA) is 65.6 Å². The highest BCUT2D eigenvalue weighted by atomic mass is 32.1. The second kappa shape index (κ2) is 11.3. The Morgan fingerprint density at radius 3 is 2.24 bits per heavy atom. The van der Waals surface area contributed by atoms with Crippen molar-refractivity contribution in [3.05, 3.63) is 144 Å². The molecular formula is C35H31N3O3S. The number of benzene rings is 3. The first-order valence-corrected chi connectivity index (χ1v) is 14.8. The van der Waals surface area contributed by atoms with Crippen molar-refractivity contribution in [2.24, 2.45) is 4.99 Å². The molecule has 1 aliphatic heterocycles. The fourth-order valence-electron chi connectivity index (χ4n) is 5.65. The van der Waals surface area contributed by atoms with Crippen molar-refractivity contribution in [3.8, 4) is 16.8 Å². The minimum atomic E-state index is -0.612. The first-order valence-electron chi connectivity index (χ1n) is 14.0. The number of carbonyl (C=O) groups is 1. The smallest absolute Gasteiger partial charge is 0.338 e. The second-order valence-corrected chi connectivity index (χ2v) is 11.3. The first kappa shape index (κ1) is 27.4. The molecule has 0 fully saturated rings. The fourth-order valence-corrected chi connectivity index (χ4v) is 6.69. The number of hydrogen-bond donors (Lipinski definition) is 0. The number of fused-ring (bicyclic) bond motifs is 1. The lowest BCUT2D eigenvalue weighted by Gasteiger charge is -2.24. The Labute approximate surface area is 248 Å². The zero-order valence-electron chi connectivity index (χ0n) is 24.0. The van der Waals surface area contributed by atoms with Gasteiger partial charge in [0, 0.05) is 17.1 Å². The quantitative estimate of drug-likeness (QED) is 0.239. The molecule has 1 aliphatic rings. The van der Waals surface area contributed by atoms with Gasteiger partial charge < -0.3 is 9.30 Å². The van der Waals surface area contributed by atoms with Crippen LogP contribution in [0.5, 0.6) is 0 Å². The molecular weight excluding hydrogens is 542 g/mol. The average Bonchev–Trinajstić information content (AvgIpc) is 3.46. The highest BCUT2D eigenvalue weighted by Gasteiger charge is 2.33. The van der Waals surface area contributed by atoms with Gasteiger partial charge in [-0.1, -0.05) is 84.1 Å². The van der Waals surface area contributed by atoms with Crippen molar-refractivity contribution in [2.75, 3.05) is 6.61 Å². The van der Waals surface area contributed by atoms with Gasteiger partial charge in [-0.3, -0.25) is 9.36 Å². The molecule has 7 heteroatoms. The summed E-state index contributed by atoms with van der Waals surface area (Å²) in [5, 5.41) is 0. The minimum absolute atomic E-state index is 0.182. The van der Waals surface area contributed by atoms with Crippen LogP contribution >= 0.6 is 11.3 Å². The Morgan fingerprint density at radius 1 is 0.929 bits per heavy atom. The number of thiazole rings is 1. The van der Waals surface area contributed by atoms with E-state index in [1.807, 2.05) is 54.6 Å². The first-order chi connectivity index (χ1) is 20.4. The summed E-state index contributed by atoms with van der Waals surface area (Å²) in [5.41, 5.74) is 8.07. The number of hydrogen-bond acceptors (Lipinski definition) is 5. The average molecular weight is 574 g/mol. The lowest BCUT2D eigenvalue weighted by molar-refractivity contribution is -0.139. The highest BCUT2D eigenvalue weighted by Crippen LogP contribution is 2.31. The Hall–Kier alpha value is -4.75. The van der Waals surface area contributed by atoms with Crippen molar-refractivity contribution in [1.82, 2.24) is 9.13 Å². The molecule has 0 aliphatic carbocycles. The largest absolute Gasteiger partial charge is 0.463 e. The number of esters is 1. The molecule has 3 heterocycles. The van der Waals surface area contributed by atoms with Crippen molar-refractivity contribution in [1.29, 1.82) is 0 Å². The Balaban J connectivity index is 1.44. The number of ether oxygens (including phenoxy) is 1. The molecule has 0 saturated carbocycles. The molecule has 0 amide bonds. The number of rotatable bonds is 6. The van der Waals surface area contributed by atoms with Gasteiger partial charge in [0.1, 0.15) is 0 Å². The number of aryl methyl sites for hydroxylation is 1. The Morgan fingerprint density at radius 2 is 1.57 bits per heavy atom.